The van der Waals surface area contributed by atoms with Gasteiger partial charge in [-0.3, -0.25) is 0 Å². The van der Waals surface area contributed by atoms with Gasteiger partial charge in [0.15, 0.2) is 0 Å². The molecule has 66 valence electrons. The van der Waals surface area contributed by atoms with Gasteiger partial charge in [-0.05, 0) is 5.41 Å². The predicted molar refractivity (Wildman–Crippen MR) is 45.1 cm³/mol. The van der Waals surface area contributed by atoms with Crippen molar-refractivity contribution in [1.29, 1.82) is 0 Å². The first-order valence-corrected chi connectivity index (χ1v) is 4.17. The summed E-state index contributed by atoms with van der Waals surface area (Å²) in [5, 5.41) is 9.02. The molecule has 0 fully saturated rings. The van der Waals surface area contributed by atoms with Gasteiger partial charge in [0.05, 0.1) is 0 Å². The Hall–Kier alpha value is -0.320. The molecule has 11 heavy (non-hydrogen) atoms. The van der Waals surface area contributed by atoms with E-state index in [1.165, 1.54) is 0 Å². The van der Waals surface area contributed by atoms with Crippen LogP contribution in [0, 0.1) is 15.5 Å². The van der Waals surface area contributed by atoms with E-state index in [1.807, 2.05) is 20.8 Å². The molecule has 0 amide bonds. The Morgan fingerprint density at radius 2 is 2.09 bits per heavy atom. The van der Waals surface area contributed by atoms with Gasteiger partial charge >= 0.3 is 0 Å². The molecule has 0 aliphatic heterocycles. The zero-order valence-electron chi connectivity index (χ0n) is 6.83. The maximum atomic E-state index is 9.79. The molecule has 0 bridgehead atoms. The molecular weight excluding hydrogens is 214 g/mol. The zero-order chi connectivity index (χ0) is 9.07. The van der Waals surface area contributed by atoms with Crippen molar-refractivity contribution < 1.29 is 9.92 Å². The van der Waals surface area contributed by atoms with E-state index in [9.17, 15) is 10.1 Å². The van der Waals surface area contributed by atoms with E-state index < -0.39 is 5.09 Å². The SMILES string of the molecule is CC(C)(C)C(Br)CO[N+](=O)[O-]. The summed E-state index contributed by atoms with van der Waals surface area (Å²) in [6.07, 6.45) is 0. The van der Waals surface area contributed by atoms with Crippen LogP contribution in [-0.2, 0) is 4.84 Å². The highest BCUT2D eigenvalue weighted by Crippen LogP contribution is 2.25. The highest BCUT2D eigenvalue weighted by Gasteiger charge is 2.22. The first-order valence-electron chi connectivity index (χ1n) is 3.25. The Balaban J connectivity index is 3.70. The van der Waals surface area contributed by atoms with Crippen LogP contribution in [0.5, 0.6) is 0 Å². The van der Waals surface area contributed by atoms with E-state index in [-0.39, 0.29) is 16.8 Å². The van der Waals surface area contributed by atoms with Gasteiger partial charge in [0.25, 0.3) is 5.09 Å². The number of hydrogen-bond acceptors (Lipinski definition) is 3. The molecule has 5 heteroatoms. The maximum absolute atomic E-state index is 9.79. The Morgan fingerprint density at radius 3 is 2.36 bits per heavy atom. The standard InChI is InChI=1S/C6H12BrNO3/c1-6(2,3)5(7)4-11-8(9)10/h5H,4H2,1-3H3. The maximum Gasteiger partial charge on any atom is 0.294 e. The molecule has 0 N–H and O–H groups in total. The lowest BCUT2D eigenvalue weighted by molar-refractivity contribution is -0.757. The summed E-state index contributed by atoms with van der Waals surface area (Å²) in [5.41, 5.74) is -0.0178. The third-order valence-electron chi connectivity index (χ3n) is 1.27. The molecule has 0 aromatic rings. The molecule has 0 aliphatic carbocycles. The lowest BCUT2D eigenvalue weighted by Crippen LogP contribution is -2.26. The van der Waals surface area contributed by atoms with Crippen molar-refractivity contribution in [3.8, 4) is 0 Å². The van der Waals surface area contributed by atoms with Gasteiger partial charge < -0.3 is 4.84 Å². The fraction of sp³-hybridized carbons (Fsp3) is 1.00. The second-order valence-electron chi connectivity index (χ2n) is 3.35. The van der Waals surface area contributed by atoms with Crippen molar-refractivity contribution in [1.82, 2.24) is 0 Å². The topological polar surface area (TPSA) is 52.4 Å². The molecule has 0 saturated carbocycles. The van der Waals surface area contributed by atoms with E-state index in [0.717, 1.165) is 0 Å². The van der Waals surface area contributed by atoms with E-state index in [1.54, 1.807) is 0 Å². The van der Waals surface area contributed by atoms with Crippen LogP contribution in [0.2, 0.25) is 0 Å². The number of rotatable bonds is 3. The molecule has 4 nitrogen and oxygen atoms in total. The Morgan fingerprint density at radius 1 is 1.64 bits per heavy atom. The zero-order valence-corrected chi connectivity index (χ0v) is 8.42. The lowest BCUT2D eigenvalue weighted by atomic mass is 9.93. The van der Waals surface area contributed by atoms with Crippen molar-refractivity contribution in [3.05, 3.63) is 10.1 Å². The summed E-state index contributed by atoms with van der Waals surface area (Å²) in [7, 11) is 0. The minimum absolute atomic E-state index is 0.000370. The van der Waals surface area contributed by atoms with E-state index in [0.29, 0.717) is 0 Å². The van der Waals surface area contributed by atoms with E-state index in [2.05, 4.69) is 20.8 Å². The summed E-state index contributed by atoms with van der Waals surface area (Å²) in [4.78, 5) is 14.0. The van der Waals surface area contributed by atoms with Crippen LogP contribution in [0.25, 0.3) is 0 Å². The second kappa shape index (κ2) is 3.90. The largest absolute Gasteiger partial charge is 0.313 e. The van der Waals surface area contributed by atoms with Crippen LogP contribution in [0.1, 0.15) is 20.8 Å². The van der Waals surface area contributed by atoms with Crippen LogP contribution in [0.3, 0.4) is 0 Å². The molecule has 1 atom stereocenters. The van der Waals surface area contributed by atoms with Gasteiger partial charge in [0, 0.05) is 4.83 Å². The predicted octanol–water partition coefficient (Wildman–Crippen LogP) is 2.00. The summed E-state index contributed by atoms with van der Waals surface area (Å²) < 4.78 is 0. The smallest absolute Gasteiger partial charge is 0.294 e. The van der Waals surface area contributed by atoms with Crippen molar-refractivity contribution in [2.75, 3.05) is 6.61 Å². The molecule has 0 aromatic carbocycles. The quantitative estimate of drug-likeness (QED) is 0.420. The molecule has 0 heterocycles. The molecular formula is C6H12BrNO3. The van der Waals surface area contributed by atoms with Gasteiger partial charge in [-0.25, -0.2) is 0 Å². The number of halogens is 1. The number of hydrogen-bond donors (Lipinski definition) is 0. The van der Waals surface area contributed by atoms with Crippen molar-refractivity contribution in [2.45, 2.75) is 25.6 Å². The highest BCUT2D eigenvalue weighted by molar-refractivity contribution is 9.09. The van der Waals surface area contributed by atoms with E-state index >= 15 is 0 Å². The van der Waals surface area contributed by atoms with Crippen LogP contribution in [0.4, 0.5) is 0 Å². The summed E-state index contributed by atoms with van der Waals surface area (Å²) in [5.74, 6) is 0. The first-order chi connectivity index (χ1) is 4.84. The molecule has 0 radical (unpaired) electrons. The Labute approximate surface area is 74.2 Å². The monoisotopic (exact) mass is 225 g/mol. The van der Waals surface area contributed by atoms with Crippen LogP contribution in [0.15, 0.2) is 0 Å². The number of nitrogens with zero attached hydrogens (tertiary/aromatic N) is 1. The van der Waals surface area contributed by atoms with Crippen LogP contribution >= 0.6 is 15.9 Å². The van der Waals surface area contributed by atoms with E-state index in [4.69, 9.17) is 0 Å². The molecule has 0 aliphatic rings. The van der Waals surface area contributed by atoms with Crippen molar-refractivity contribution in [3.63, 3.8) is 0 Å². The molecule has 0 aromatic heterocycles. The minimum atomic E-state index is -0.778. The van der Waals surface area contributed by atoms with Gasteiger partial charge in [-0.15, -0.1) is 10.1 Å². The van der Waals surface area contributed by atoms with Gasteiger partial charge in [-0.2, -0.15) is 0 Å². The van der Waals surface area contributed by atoms with Crippen LogP contribution in [-0.4, -0.2) is 16.5 Å². The third kappa shape index (κ3) is 5.01. The Kier molecular flexibility index (Phi) is 3.78. The molecule has 1 unspecified atom stereocenters. The fourth-order valence-electron chi connectivity index (χ4n) is 0.376. The average Bonchev–Trinajstić information content (AvgIpc) is 1.80. The highest BCUT2D eigenvalue weighted by atomic mass is 79.9. The first kappa shape index (κ1) is 10.7. The fourth-order valence-corrected chi connectivity index (χ4v) is 0.495. The normalized spacial score (nSPS) is 14.2. The minimum Gasteiger partial charge on any atom is -0.313 e. The van der Waals surface area contributed by atoms with Crippen LogP contribution < -0.4 is 0 Å². The van der Waals surface area contributed by atoms with Crippen molar-refractivity contribution >= 4 is 15.9 Å². The van der Waals surface area contributed by atoms with Gasteiger partial charge in [0.2, 0.25) is 0 Å². The third-order valence-corrected chi connectivity index (χ3v) is 2.90. The molecule has 0 rings (SSSR count). The van der Waals surface area contributed by atoms with Gasteiger partial charge in [-0.1, -0.05) is 36.7 Å². The molecule has 0 saturated heterocycles. The Bertz CT molecular complexity index is 143. The number of alkyl halides is 1. The van der Waals surface area contributed by atoms with Crippen molar-refractivity contribution in [2.24, 2.45) is 5.41 Å². The summed E-state index contributed by atoms with van der Waals surface area (Å²) >= 11 is 3.30. The summed E-state index contributed by atoms with van der Waals surface area (Å²) in [6, 6.07) is 0. The molecule has 0 spiro atoms. The lowest BCUT2D eigenvalue weighted by Gasteiger charge is -2.24. The second-order valence-corrected chi connectivity index (χ2v) is 4.46. The summed E-state index contributed by atoms with van der Waals surface area (Å²) in [6.45, 7) is 6.04. The average molecular weight is 226 g/mol. The van der Waals surface area contributed by atoms with Gasteiger partial charge in [0.1, 0.15) is 6.61 Å².